The molecule has 1 aromatic heterocycles. The Kier molecular flexibility index (Phi) is 5.43. The molecule has 0 unspecified atom stereocenters. The van der Waals surface area contributed by atoms with E-state index in [9.17, 15) is 14.0 Å². The summed E-state index contributed by atoms with van der Waals surface area (Å²) in [5, 5.41) is 3.53. The van der Waals surface area contributed by atoms with Crippen molar-refractivity contribution in [1.29, 1.82) is 0 Å². The zero-order valence-corrected chi connectivity index (χ0v) is 20.1. The number of likely N-dealkylation sites (tertiary alicyclic amines) is 1. The van der Waals surface area contributed by atoms with E-state index in [-0.39, 0.29) is 30.3 Å². The molecule has 182 valence electrons. The molecule has 2 aliphatic rings. The maximum atomic E-state index is 14.4. The number of hydrogen-bond donors (Lipinski definition) is 1. The molecule has 0 atom stereocenters. The van der Waals surface area contributed by atoms with E-state index in [2.05, 4.69) is 15.3 Å². The molecule has 2 saturated heterocycles. The number of benzene rings is 2. The van der Waals surface area contributed by atoms with Crippen LogP contribution in [0.1, 0.15) is 20.8 Å². The smallest absolute Gasteiger partial charge is 0.415 e. The number of fused-ring (bicyclic) bond motifs is 1. The number of amides is 2. The Hall–Kier alpha value is -3.66. The van der Waals surface area contributed by atoms with Crippen molar-refractivity contribution in [1.82, 2.24) is 14.9 Å². The number of halogens is 2. The van der Waals surface area contributed by atoms with Gasteiger partial charge in [-0.15, -0.1) is 0 Å². The topological polar surface area (TPSA) is 96.9 Å². The summed E-state index contributed by atoms with van der Waals surface area (Å²) in [6.07, 6.45) is 0.413. The van der Waals surface area contributed by atoms with E-state index >= 15 is 0 Å². The average molecular weight is 500 g/mol. The minimum atomic E-state index is -0.791. The van der Waals surface area contributed by atoms with E-state index in [0.29, 0.717) is 22.4 Å². The summed E-state index contributed by atoms with van der Waals surface area (Å²) in [6, 6.07) is 9.87. The van der Waals surface area contributed by atoms with Crippen LogP contribution in [-0.4, -0.2) is 57.9 Å². The molecule has 0 aliphatic carbocycles. The minimum Gasteiger partial charge on any atom is -0.444 e. The lowest BCUT2D eigenvalue weighted by atomic mass is 9.94. The highest BCUT2D eigenvalue weighted by atomic mass is 35.5. The minimum absolute atomic E-state index is 0.0138. The normalized spacial score (nSPS) is 16.9. The third-order valence-electron chi connectivity index (χ3n) is 5.72. The standard InChI is InChI=1S/C24H23ClFN5O4/c1-23(2,3)34-21(32)30-10-24(11-30)12-31(22(33)35-24)14-7-8-17-15(9-14)20(28-13-27-17)29-18-6-4-5-16(25)19(18)26/h4-9,13H,10-12H2,1-3H3,(H,27,28,29). The van der Waals surface area contributed by atoms with Crippen molar-refractivity contribution < 1.29 is 23.5 Å². The molecule has 2 aromatic carbocycles. The Bertz CT molecular complexity index is 1340. The largest absolute Gasteiger partial charge is 0.444 e. The molecule has 5 rings (SSSR count). The van der Waals surface area contributed by atoms with Crippen LogP contribution in [0.4, 0.5) is 31.2 Å². The SMILES string of the molecule is CC(C)(C)OC(=O)N1CC2(C1)CN(c1ccc3ncnc(Nc4cccc(Cl)c4F)c3c1)C(=O)O2. The molecule has 1 N–H and O–H groups in total. The predicted molar refractivity (Wildman–Crippen MR) is 129 cm³/mol. The molecule has 35 heavy (non-hydrogen) atoms. The molecule has 0 bridgehead atoms. The van der Waals surface area contributed by atoms with E-state index in [1.165, 1.54) is 22.2 Å². The van der Waals surface area contributed by atoms with Crippen LogP contribution < -0.4 is 10.2 Å². The van der Waals surface area contributed by atoms with E-state index in [1.807, 2.05) is 0 Å². The van der Waals surface area contributed by atoms with Gasteiger partial charge in [0.15, 0.2) is 11.4 Å². The van der Waals surface area contributed by atoms with Gasteiger partial charge in [-0.25, -0.2) is 23.9 Å². The summed E-state index contributed by atoms with van der Waals surface area (Å²) in [7, 11) is 0. The molecule has 1 spiro atoms. The summed E-state index contributed by atoms with van der Waals surface area (Å²) >= 11 is 5.89. The van der Waals surface area contributed by atoms with Gasteiger partial charge in [0, 0.05) is 11.1 Å². The molecule has 0 saturated carbocycles. The number of nitrogens with one attached hydrogen (secondary N) is 1. The molecule has 3 aromatic rings. The van der Waals surface area contributed by atoms with Crippen LogP contribution in [0, 0.1) is 5.82 Å². The zero-order chi connectivity index (χ0) is 25.0. The van der Waals surface area contributed by atoms with Crippen molar-refractivity contribution in [3.8, 4) is 0 Å². The van der Waals surface area contributed by atoms with Crippen molar-refractivity contribution in [3.05, 3.63) is 53.6 Å². The van der Waals surface area contributed by atoms with E-state index in [0.717, 1.165) is 0 Å². The molecular weight excluding hydrogens is 477 g/mol. The molecule has 0 radical (unpaired) electrons. The predicted octanol–water partition coefficient (Wildman–Crippen LogP) is 5.11. The maximum Gasteiger partial charge on any atom is 0.415 e. The number of carbonyl (C=O) groups excluding carboxylic acids is 2. The van der Waals surface area contributed by atoms with Gasteiger partial charge >= 0.3 is 12.2 Å². The number of aromatic nitrogens is 2. The van der Waals surface area contributed by atoms with E-state index < -0.39 is 29.2 Å². The van der Waals surface area contributed by atoms with Gasteiger partial charge < -0.3 is 14.8 Å². The number of nitrogens with zero attached hydrogens (tertiary/aromatic N) is 4. The van der Waals surface area contributed by atoms with Crippen molar-refractivity contribution in [2.75, 3.05) is 29.9 Å². The van der Waals surface area contributed by atoms with Gasteiger partial charge in [0.2, 0.25) is 0 Å². The van der Waals surface area contributed by atoms with Crippen LogP contribution in [0.3, 0.4) is 0 Å². The maximum absolute atomic E-state index is 14.4. The van der Waals surface area contributed by atoms with Crippen LogP contribution >= 0.6 is 11.6 Å². The number of ether oxygens (including phenoxy) is 2. The average Bonchev–Trinajstić information content (AvgIpc) is 3.12. The first-order valence-corrected chi connectivity index (χ1v) is 11.4. The lowest BCUT2D eigenvalue weighted by Crippen LogP contribution is -2.66. The molecule has 2 fully saturated rings. The van der Waals surface area contributed by atoms with Crippen LogP contribution in [0.2, 0.25) is 5.02 Å². The Labute approximate surface area is 205 Å². The highest BCUT2D eigenvalue weighted by Gasteiger charge is 2.56. The van der Waals surface area contributed by atoms with Gasteiger partial charge in [-0.05, 0) is 51.1 Å². The summed E-state index contributed by atoms with van der Waals surface area (Å²) in [4.78, 5) is 36.6. The van der Waals surface area contributed by atoms with Gasteiger partial charge in [-0.2, -0.15) is 0 Å². The third-order valence-corrected chi connectivity index (χ3v) is 6.01. The van der Waals surface area contributed by atoms with Crippen molar-refractivity contribution in [2.24, 2.45) is 0 Å². The number of rotatable bonds is 3. The van der Waals surface area contributed by atoms with Crippen molar-refractivity contribution in [3.63, 3.8) is 0 Å². The fourth-order valence-corrected chi connectivity index (χ4v) is 4.31. The monoisotopic (exact) mass is 499 g/mol. The lowest BCUT2D eigenvalue weighted by molar-refractivity contribution is -0.0779. The fraction of sp³-hybridized carbons (Fsp3) is 0.333. The first-order valence-electron chi connectivity index (χ1n) is 11.0. The highest BCUT2D eigenvalue weighted by Crippen LogP contribution is 2.37. The Morgan fingerprint density at radius 1 is 1.20 bits per heavy atom. The van der Waals surface area contributed by atoms with Gasteiger partial charge in [0.05, 0.1) is 35.9 Å². The Balaban J connectivity index is 1.37. The molecule has 11 heteroatoms. The summed E-state index contributed by atoms with van der Waals surface area (Å²) < 4.78 is 25.5. The summed E-state index contributed by atoms with van der Waals surface area (Å²) in [5.41, 5.74) is -0.0546. The van der Waals surface area contributed by atoms with Crippen LogP contribution in [0.25, 0.3) is 10.9 Å². The number of hydrogen-bond acceptors (Lipinski definition) is 7. The molecule has 2 aliphatic heterocycles. The van der Waals surface area contributed by atoms with Crippen LogP contribution in [-0.2, 0) is 9.47 Å². The van der Waals surface area contributed by atoms with Crippen LogP contribution in [0.15, 0.2) is 42.7 Å². The summed E-state index contributed by atoms with van der Waals surface area (Å²) in [6.45, 7) is 6.17. The molecule has 9 nitrogen and oxygen atoms in total. The second-order valence-corrected chi connectivity index (χ2v) is 10.0. The van der Waals surface area contributed by atoms with E-state index in [4.69, 9.17) is 21.1 Å². The second-order valence-electron chi connectivity index (χ2n) is 9.62. The Morgan fingerprint density at radius 2 is 1.97 bits per heavy atom. The van der Waals surface area contributed by atoms with Gasteiger partial charge in [0.25, 0.3) is 0 Å². The van der Waals surface area contributed by atoms with E-state index in [1.54, 1.807) is 51.1 Å². The Morgan fingerprint density at radius 3 is 2.71 bits per heavy atom. The van der Waals surface area contributed by atoms with Gasteiger partial charge in [-0.1, -0.05) is 17.7 Å². The lowest BCUT2D eigenvalue weighted by Gasteiger charge is -2.45. The molecule has 2 amide bonds. The third kappa shape index (κ3) is 4.41. The second kappa shape index (κ2) is 8.23. The molecular formula is C24H23ClFN5O4. The van der Waals surface area contributed by atoms with Crippen molar-refractivity contribution in [2.45, 2.75) is 32.0 Å². The summed E-state index contributed by atoms with van der Waals surface area (Å²) in [5.74, 6) is -0.235. The molecule has 3 heterocycles. The number of carbonyl (C=O) groups is 2. The van der Waals surface area contributed by atoms with Gasteiger partial charge in [-0.3, -0.25) is 9.80 Å². The fourth-order valence-electron chi connectivity index (χ4n) is 4.13. The first kappa shape index (κ1) is 23.1. The van der Waals surface area contributed by atoms with Crippen LogP contribution in [0.5, 0.6) is 0 Å². The number of anilines is 3. The van der Waals surface area contributed by atoms with Gasteiger partial charge in [0.1, 0.15) is 17.7 Å². The highest BCUT2D eigenvalue weighted by molar-refractivity contribution is 6.31. The quantitative estimate of drug-likeness (QED) is 0.534. The zero-order valence-electron chi connectivity index (χ0n) is 19.3. The van der Waals surface area contributed by atoms with Crippen molar-refractivity contribution >= 4 is 51.9 Å². The first-order chi connectivity index (χ1) is 16.5.